The van der Waals surface area contributed by atoms with E-state index >= 15 is 0 Å². The van der Waals surface area contributed by atoms with Crippen molar-refractivity contribution < 1.29 is 4.42 Å². The first-order valence-corrected chi connectivity index (χ1v) is 30.7. The molecule has 10 aromatic carbocycles. The van der Waals surface area contributed by atoms with Crippen LogP contribution in [-0.4, -0.2) is 4.40 Å². The van der Waals surface area contributed by atoms with Crippen LogP contribution in [0.5, 0.6) is 0 Å². The minimum Gasteiger partial charge on any atom is -0.454 e. The molecule has 85 heavy (non-hydrogen) atoms. The van der Waals surface area contributed by atoms with Crippen LogP contribution in [0, 0.1) is 0 Å². The molecule has 0 N–H and O–H groups in total. The van der Waals surface area contributed by atoms with Gasteiger partial charge in [-0.1, -0.05) is 255 Å². The molecule has 1 aliphatic rings. The lowest BCUT2D eigenvalue weighted by molar-refractivity contribution is 0.589. The summed E-state index contributed by atoms with van der Waals surface area (Å²) in [4.78, 5) is 2.45. The minimum atomic E-state index is -0.390. The van der Waals surface area contributed by atoms with E-state index in [4.69, 9.17) is 4.42 Å². The van der Waals surface area contributed by atoms with Gasteiger partial charge in [-0.2, -0.15) is 0 Å². The zero-order valence-corrected chi connectivity index (χ0v) is 52.1. The average Bonchev–Trinajstić information content (AvgIpc) is 2.13. The maximum Gasteiger partial charge on any atom is 0.161 e. The number of hydrogen-bond acceptors (Lipinski definition) is 2. The molecule has 422 valence electrons. The molecule has 0 aliphatic heterocycles. The van der Waals surface area contributed by atoms with Gasteiger partial charge in [0.15, 0.2) is 5.58 Å². The lowest BCUT2D eigenvalue weighted by Gasteiger charge is -2.29. The highest BCUT2D eigenvalue weighted by molar-refractivity contribution is 6.30. The van der Waals surface area contributed by atoms with Crippen LogP contribution in [0.2, 0.25) is 0 Å². The molecule has 0 radical (unpaired) electrons. The predicted molar refractivity (Wildman–Crippen MR) is 363 cm³/mol. The van der Waals surface area contributed by atoms with Crippen molar-refractivity contribution in [2.24, 2.45) is 0 Å². The molecule has 3 aromatic heterocycles. The van der Waals surface area contributed by atoms with E-state index in [0.29, 0.717) is 0 Å². The molecule has 3 nitrogen and oxygen atoms in total. The molecular formula is C82H78N2O. The highest BCUT2D eigenvalue weighted by Crippen LogP contribution is 2.58. The van der Waals surface area contributed by atoms with Gasteiger partial charge in [0.2, 0.25) is 0 Å². The number of hydrogen-bond donors (Lipinski definition) is 0. The molecule has 1 aliphatic carbocycles. The Bertz CT molecular complexity index is 4690. The van der Waals surface area contributed by atoms with Crippen LogP contribution < -0.4 is 4.90 Å². The number of rotatable bonds is 8. The fourth-order valence-electron chi connectivity index (χ4n) is 13.9. The second-order valence-corrected chi connectivity index (χ2v) is 29.1. The molecule has 13 aromatic rings. The largest absolute Gasteiger partial charge is 0.454 e. The summed E-state index contributed by atoms with van der Waals surface area (Å²) < 4.78 is 9.95. The third kappa shape index (κ3) is 8.99. The first kappa shape index (κ1) is 54.3. The maximum absolute atomic E-state index is 7.34. The van der Waals surface area contributed by atoms with Crippen molar-refractivity contribution in [3.8, 4) is 33.4 Å². The zero-order valence-electron chi connectivity index (χ0n) is 52.1. The van der Waals surface area contributed by atoms with E-state index in [1.807, 2.05) is 0 Å². The normalized spacial score (nSPS) is 14.0. The standard InChI is InChI=1S/C82H78N2O/c1-78(2,3)58-32-23-51(24-33-58)50-19-21-54(22-20-50)71(55-27-36-60(37-28-55)80(7,8)9)57-31-45-67-70(48-57)85-76-68-47-56-17-15-16-18-65(56)72-73-66-46-44-64(49-69(66)82(13,14)77(73)84(74(68)72)75(67)76)83(63-42-38-61(39-43-63)81(10,11)12)62-40-29-53(30-41-62)52-25-34-59(35-26-52)79(4,5)6/h15-49,71H,1-14H3. The Kier molecular flexibility index (Phi) is 12.2. The molecule has 0 fully saturated rings. The molecule has 1 unspecified atom stereocenters. The molecule has 0 saturated heterocycles. The van der Waals surface area contributed by atoms with Gasteiger partial charge in [-0.25, -0.2) is 0 Å². The van der Waals surface area contributed by atoms with Crippen molar-refractivity contribution in [3.63, 3.8) is 0 Å². The van der Waals surface area contributed by atoms with E-state index in [0.717, 1.165) is 44.5 Å². The van der Waals surface area contributed by atoms with E-state index in [1.54, 1.807) is 0 Å². The minimum absolute atomic E-state index is 0.0169. The van der Waals surface area contributed by atoms with E-state index in [9.17, 15) is 0 Å². The Balaban J connectivity index is 0.908. The molecule has 3 heterocycles. The average molecular weight is 1110 g/mol. The number of fused-ring (bicyclic) bond motifs is 12. The third-order valence-electron chi connectivity index (χ3n) is 18.9. The van der Waals surface area contributed by atoms with Crippen molar-refractivity contribution in [1.82, 2.24) is 4.40 Å². The Morgan fingerprint density at radius 1 is 0.400 bits per heavy atom. The van der Waals surface area contributed by atoms with Gasteiger partial charge in [-0.15, -0.1) is 0 Å². The second kappa shape index (κ2) is 19.2. The summed E-state index contributed by atoms with van der Waals surface area (Å²) in [6.45, 7) is 32.3. The summed E-state index contributed by atoms with van der Waals surface area (Å²) in [6, 6.07) is 80.8. The van der Waals surface area contributed by atoms with Gasteiger partial charge in [0, 0.05) is 55.8 Å². The molecule has 3 heteroatoms. The van der Waals surface area contributed by atoms with Gasteiger partial charge in [0.05, 0.1) is 5.52 Å². The van der Waals surface area contributed by atoms with Crippen LogP contribution in [-0.2, 0) is 27.1 Å². The van der Waals surface area contributed by atoms with E-state index in [2.05, 4.69) is 319 Å². The number of nitrogens with zero attached hydrogens (tertiary/aromatic N) is 2. The van der Waals surface area contributed by atoms with Crippen molar-refractivity contribution in [2.75, 3.05) is 4.90 Å². The van der Waals surface area contributed by atoms with Crippen LogP contribution >= 0.6 is 0 Å². The van der Waals surface area contributed by atoms with Crippen molar-refractivity contribution in [1.29, 1.82) is 0 Å². The second-order valence-electron chi connectivity index (χ2n) is 29.1. The molecule has 0 saturated carbocycles. The summed E-state index contributed by atoms with van der Waals surface area (Å²) >= 11 is 0. The lowest BCUT2D eigenvalue weighted by Crippen LogP contribution is -2.19. The lowest BCUT2D eigenvalue weighted by atomic mass is 9.81. The summed E-state index contributed by atoms with van der Waals surface area (Å²) in [5, 5.41) is 6.06. The van der Waals surface area contributed by atoms with Gasteiger partial charge in [-0.05, 0) is 159 Å². The van der Waals surface area contributed by atoms with E-state index in [1.165, 1.54) is 105 Å². The van der Waals surface area contributed by atoms with Crippen molar-refractivity contribution in [2.45, 2.75) is 130 Å². The third-order valence-corrected chi connectivity index (χ3v) is 18.9. The number of furan rings is 1. The molecule has 14 rings (SSSR count). The predicted octanol–water partition coefficient (Wildman–Crippen LogP) is 23.1. The Labute approximate surface area is 503 Å². The quantitative estimate of drug-likeness (QED) is 0.141. The highest BCUT2D eigenvalue weighted by Gasteiger charge is 2.43. The van der Waals surface area contributed by atoms with Crippen molar-refractivity contribution in [3.05, 3.63) is 263 Å². The van der Waals surface area contributed by atoms with Gasteiger partial charge in [0.25, 0.3) is 0 Å². The molecule has 0 amide bonds. The molecular weight excluding hydrogens is 1030 g/mol. The fourth-order valence-corrected chi connectivity index (χ4v) is 13.9. The summed E-state index contributed by atoms with van der Waals surface area (Å²) in [6.07, 6.45) is 0. The maximum atomic E-state index is 7.34. The first-order valence-electron chi connectivity index (χ1n) is 30.7. The molecule has 0 bridgehead atoms. The summed E-state index contributed by atoms with van der Waals surface area (Å²) in [5.74, 6) is -0.0169. The van der Waals surface area contributed by atoms with Crippen LogP contribution in [0.15, 0.2) is 217 Å². The topological polar surface area (TPSA) is 20.8 Å². The van der Waals surface area contributed by atoms with E-state index in [-0.39, 0.29) is 33.0 Å². The number of benzene rings is 10. The van der Waals surface area contributed by atoms with Gasteiger partial charge in [-0.3, -0.25) is 0 Å². The number of anilines is 3. The smallest absolute Gasteiger partial charge is 0.161 e. The van der Waals surface area contributed by atoms with Crippen LogP contribution in [0.4, 0.5) is 17.1 Å². The van der Waals surface area contributed by atoms with Gasteiger partial charge >= 0.3 is 0 Å². The van der Waals surface area contributed by atoms with Crippen LogP contribution in [0.1, 0.15) is 153 Å². The van der Waals surface area contributed by atoms with Gasteiger partial charge < -0.3 is 13.7 Å². The zero-order chi connectivity index (χ0) is 59.3. The fraction of sp³-hybridized carbons (Fsp3) is 0.244. The molecule has 0 spiro atoms. The highest BCUT2D eigenvalue weighted by atomic mass is 16.3. The SMILES string of the molecule is CC(C)(C)c1ccc(-c2ccc(C(c3ccc(C(C)(C)C)cc3)c3ccc4c(c3)oc3c5cc6ccccc6c6c7c(n(c43)c56)C(C)(C)c3cc(N(c4ccc(-c5ccc(C(C)(C)C)cc5)cc4)c4ccc(C(C)(C)C)cc4)ccc3-7)cc2)cc1. The summed E-state index contributed by atoms with van der Waals surface area (Å²) in [7, 11) is 0. The monoisotopic (exact) mass is 1110 g/mol. The van der Waals surface area contributed by atoms with Gasteiger partial charge in [0.1, 0.15) is 11.1 Å². The Morgan fingerprint density at radius 2 is 0.835 bits per heavy atom. The molecule has 1 atom stereocenters. The van der Waals surface area contributed by atoms with E-state index < -0.39 is 0 Å². The number of aromatic nitrogens is 1. The summed E-state index contributed by atoms with van der Waals surface area (Å²) in [5.41, 5.74) is 26.6. The Hall–Kier alpha value is -8.66. The first-order chi connectivity index (χ1) is 40.4. The van der Waals surface area contributed by atoms with Crippen LogP contribution in [0.3, 0.4) is 0 Å². The van der Waals surface area contributed by atoms with Crippen molar-refractivity contribution >= 4 is 66.2 Å². The Morgan fingerprint density at radius 3 is 1.36 bits per heavy atom. The van der Waals surface area contributed by atoms with Crippen LogP contribution in [0.25, 0.3) is 82.5 Å².